The fraction of sp³-hybridized carbons (Fsp3) is 0.909. The first-order valence-corrected chi connectivity index (χ1v) is 7.82. The van der Waals surface area contributed by atoms with E-state index in [0.29, 0.717) is 6.42 Å². The van der Waals surface area contributed by atoms with Gasteiger partial charge in [-0.2, -0.15) is 8.42 Å². The van der Waals surface area contributed by atoms with Gasteiger partial charge in [0.15, 0.2) is 0 Å². The molecule has 0 aromatic carbocycles. The molecule has 7 heteroatoms. The molecule has 2 rings (SSSR count). The SMILES string of the molecule is O=C1CC(CS(=O)(=O)F)CN1C1CCCCC1O. The van der Waals surface area contributed by atoms with Crippen LogP contribution in [0, 0.1) is 5.92 Å². The van der Waals surface area contributed by atoms with Gasteiger partial charge < -0.3 is 10.0 Å². The minimum Gasteiger partial charge on any atom is -0.391 e. The first-order valence-electron chi connectivity index (χ1n) is 6.26. The number of carbonyl (C=O) groups is 1. The molecule has 0 aromatic rings. The van der Waals surface area contributed by atoms with Crippen molar-refractivity contribution in [3.63, 3.8) is 0 Å². The minimum absolute atomic E-state index is 0.0619. The van der Waals surface area contributed by atoms with Crippen LogP contribution in [0.3, 0.4) is 0 Å². The monoisotopic (exact) mass is 279 g/mol. The molecule has 3 atom stereocenters. The Balaban J connectivity index is 2.00. The number of halogens is 1. The van der Waals surface area contributed by atoms with Crippen molar-refractivity contribution >= 4 is 16.1 Å². The normalized spacial score (nSPS) is 34.0. The summed E-state index contributed by atoms with van der Waals surface area (Å²) in [5.41, 5.74) is 0. The van der Waals surface area contributed by atoms with Crippen LogP contribution in [0.5, 0.6) is 0 Å². The average molecular weight is 279 g/mol. The van der Waals surface area contributed by atoms with Crippen LogP contribution in [0.2, 0.25) is 0 Å². The van der Waals surface area contributed by atoms with E-state index in [4.69, 9.17) is 0 Å². The van der Waals surface area contributed by atoms with Crippen molar-refractivity contribution in [2.45, 2.75) is 44.2 Å². The van der Waals surface area contributed by atoms with E-state index >= 15 is 0 Å². The highest BCUT2D eigenvalue weighted by atomic mass is 32.3. The fourth-order valence-electron chi connectivity index (χ4n) is 2.98. The van der Waals surface area contributed by atoms with Crippen molar-refractivity contribution in [1.82, 2.24) is 4.90 Å². The van der Waals surface area contributed by atoms with Crippen LogP contribution in [-0.2, 0) is 15.0 Å². The van der Waals surface area contributed by atoms with Crippen molar-refractivity contribution in [3.8, 4) is 0 Å². The third kappa shape index (κ3) is 3.20. The smallest absolute Gasteiger partial charge is 0.302 e. The van der Waals surface area contributed by atoms with E-state index in [1.165, 1.54) is 0 Å². The summed E-state index contributed by atoms with van der Waals surface area (Å²) in [6.07, 6.45) is 2.83. The Hall–Kier alpha value is -0.690. The van der Waals surface area contributed by atoms with Crippen LogP contribution in [0.1, 0.15) is 32.1 Å². The molecule has 0 aromatic heterocycles. The summed E-state index contributed by atoms with van der Waals surface area (Å²) in [6, 6.07) is -0.224. The zero-order valence-corrected chi connectivity index (χ0v) is 10.9. The molecule has 1 heterocycles. The van der Waals surface area contributed by atoms with Gasteiger partial charge in [-0.3, -0.25) is 4.79 Å². The number of likely N-dealkylation sites (tertiary alicyclic amines) is 1. The lowest BCUT2D eigenvalue weighted by Crippen LogP contribution is -2.46. The number of carbonyl (C=O) groups excluding carboxylic acids is 1. The summed E-state index contributed by atoms with van der Waals surface area (Å²) < 4.78 is 33.8. The Labute approximate surface area is 106 Å². The lowest BCUT2D eigenvalue weighted by Gasteiger charge is -2.35. The lowest BCUT2D eigenvalue weighted by molar-refractivity contribution is -0.133. The Kier molecular flexibility index (Phi) is 3.91. The maximum Gasteiger partial charge on any atom is 0.302 e. The van der Waals surface area contributed by atoms with Crippen molar-refractivity contribution in [2.75, 3.05) is 12.3 Å². The van der Waals surface area contributed by atoms with Crippen molar-refractivity contribution in [2.24, 2.45) is 5.92 Å². The maximum atomic E-state index is 12.6. The summed E-state index contributed by atoms with van der Waals surface area (Å²) in [7, 11) is -4.54. The predicted octanol–water partition coefficient (Wildman–Crippen LogP) is 0.438. The number of hydrogen-bond acceptors (Lipinski definition) is 4. The molecule has 2 aliphatic rings. The van der Waals surface area contributed by atoms with Crippen LogP contribution in [0.4, 0.5) is 3.89 Å². The predicted molar refractivity (Wildman–Crippen MR) is 63.0 cm³/mol. The highest BCUT2D eigenvalue weighted by molar-refractivity contribution is 7.86. The van der Waals surface area contributed by atoms with Crippen LogP contribution >= 0.6 is 0 Å². The van der Waals surface area contributed by atoms with Gasteiger partial charge >= 0.3 is 10.2 Å². The molecule has 0 spiro atoms. The molecule has 104 valence electrons. The summed E-state index contributed by atoms with van der Waals surface area (Å²) in [6.45, 7) is 0.240. The highest BCUT2D eigenvalue weighted by Crippen LogP contribution is 2.29. The van der Waals surface area contributed by atoms with E-state index in [1.54, 1.807) is 4.90 Å². The molecular weight excluding hydrogens is 261 g/mol. The van der Waals surface area contributed by atoms with E-state index in [2.05, 4.69) is 0 Å². The van der Waals surface area contributed by atoms with Gasteiger partial charge in [0.2, 0.25) is 5.91 Å². The molecule has 18 heavy (non-hydrogen) atoms. The molecular formula is C11H18FNO4S. The Morgan fingerprint density at radius 3 is 2.61 bits per heavy atom. The molecule has 1 saturated carbocycles. The van der Waals surface area contributed by atoms with Gasteiger partial charge in [0.1, 0.15) is 0 Å². The van der Waals surface area contributed by atoms with Crippen LogP contribution in [-0.4, -0.2) is 48.8 Å². The molecule has 1 aliphatic carbocycles. The van der Waals surface area contributed by atoms with Gasteiger partial charge in [0.05, 0.1) is 17.9 Å². The number of rotatable bonds is 3. The van der Waals surface area contributed by atoms with E-state index in [0.717, 1.165) is 19.3 Å². The zero-order valence-electron chi connectivity index (χ0n) is 10.1. The zero-order chi connectivity index (χ0) is 13.3. The molecule has 3 unspecified atom stereocenters. The van der Waals surface area contributed by atoms with E-state index in [1.807, 2.05) is 0 Å². The average Bonchev–Trinajstić information content (AvgIpc) is 2.57. The summed E-state index contributed by atoms with van der Waals surface area (Å²) in [5, 5.41) is 9.88. The minimum atomic E-state index is -4.54. The molecule has 1 saturated heterocycles. The Bertz CT molecular complexity index is 425. The van der Waals surface area contributed by atoms with E-state index < -0.39 is 28.0 Å². The van der Waals surface area contributed by atoms with Crippen molar-refractivity contribution in [3.05, 3.63) is 0 Å². The number of aliphatic hydroxyl groups excluding tert-OH is 1. The Morgan fingerprint density at radius 2 is 2.00 bits per heavy atom. The van der Waals surface area contributed by atoms with Crippen LogP contribution in [0.25, 0.3) is 0 Å². The second kappa shape index (κ2) is 5.13. The van der Waals surface area contributed by atoms with E-state index in [9.17, 15) is 22.2 Å². The number of aliphatic hydroxyl groups is 1. The van der Waals surface area contributed by atoms with Gasteiger partial charge in [0.25, 0.3) is 0 Å². The van der Waals surface area contributed by atoms with Crippen LogP contribution in [0.15, 0.2) is 0 Å². The largest absolute Gasteiger partial charge is 0.391 e. The molecule has 1 amide bonds. The third-order valence-electron chi connectivity index (χ3n) is 3.77. The topological polar surface area (TPSA) is 74.7 Å². The summed E-state index contributed by atoms with van der Waals surface area (Å²) >= 11 is 0. The number of amides is 1. The van der Waals surface area contributed by atoms with Crippen molar-refractivity contribution in [1.29, 1.82) is 0 Å². The fourth-order valence-corrected chi connectivity index (χ4v) is 3.76. The van der Waals surface area contributed by atoms with Crippen LogP contribution < -0.4 is 0 Å². The maximum absolute atomic E-state index is 12.6. The van der Waals surface area contributed by atoms with Gasteiger partial charge in [-0.05, 0) is 12.8 Å². The number of hydrogen-bond donors (Lipinski definition) is 1. The summed E-state index contributed by atoms with van der Waals surface area (Å²) in [5.74, 6) is -1.26. The number of nitrogens with zero attached hydrogens (tertiary/aromatic N) is 1. The van der Waals surface area contributed by atoms with Gasteiger partial charge in [-0.15, -0.1) is 3.89 Å². The van der Waals surface area contributed by atoms with Crippen molar-refractivity contribution < 1.29 is 22.2 Å². The van der Waals surface area contributed by atoms with Gasteiger partial charge in [0, 0.05) is 18.9 Å². The molecule has 0 bridgehead atoms. The molecule has 0 radical (unpaired) electrons. The van der Waals surface area contributed by atoms with E-state index in [-0.39, 0.29) is 24.9 Å². The van der Waals surface area contributed by atoms with Gasteiger partial charge in [-0.25, -0.2) is 0 Å². The second-order valence-electron chi connectivity index (χ2n) is 5.24. The third-order valence-corrected chi connectivity index (χ3v) is 4.64. The highest BCUT2D eigenvalue weighted by Gasteiger charge is 2.39. The first kappa shape index (κ1) is 13.7. The Morgan fingerprint density at radius 1 is 1.33 bits per heavy atom. The lowest BCUT2D eigenvalue weighted by atomic mass is 9.91. The summed E-state index contributed by atoms with van der Waals surface area (Å²) in [4.78, 5) is 13.4. The quantitative estimate of drug-likeness (QED) is 0.761. The second-order valence-corrected chi connectivity index (χ2v) is 6.65. The standard InChI is InChI=1S/C11H18FNO4S/c12-18(16,17)7-8-5-11(15)13(6-8)9-3-1-2-4-10(9)14/h8-10,14H,1-7H2. The molecule has 1 aliphatic heterocycles. The van der Waals surface area contributed by atoms with Gasteiger partial charge in [-0.1, -0.05) is 12.8 Å². The molecule has 5 nitrogen and oxygen atoms in total. The molecule has 1 N–H and O–H groups in total. The molecule has 2 fully saturated rings. The first-order chi connectivity index (χ1) is 8.37.